The van der Waals surface area contributed by atoms with Gasteiger partial charge >= 0.3 is 0 Å². The molecule has 0 aliphatic rings. The third kappa shape index (κ3) is 2.99. The number of carbonyl (C=O) groups excluding carboxylic acids is 1. The van der Waals surface area contributed by atoms with Crippen LogP contribution in [0.1, 0.15) is 23.0 Å². The zero-order valence-electron chi connectivity index (χ0n) is 9.77. The SMILES string of the molecule is C/C(=N\NC(=O)c1ccc(Cl)cc1)c1ccc[nH]1. The summed E-state index contributed by atoms with van der Waals surface area (Å²) in [5.41, 5.74) is 4.59. The molecule has 0 fully saturated rings. The van der Waals surface area contributed by atoms with E-state index >= 15 is 0 Å². The lowest BCUT2D eigenvalue weighted by molar-refractivity contribution is 0.0955. The van der Waals surface area contributed by atoms with Crippen molar-refractivity contribution < 1.29 is 4.79 Å². The van der Waals surface area contributed by atoms with Crippen LogP contribution in [0, 0.1) is 0 Å². The standard InChI is InChI=1S/C13H12ClN3O/c1-9(12-3-2-8-15-12)16-17-13(18)10-4-6-11(14)7-5-10/h2-8,15H,1H3,(H,17,18)/b16-9+. The quantitative estimate of drug-likeness (QED) is 0.648. The van der Waals surface area contributed by atoms with E-state index in [2.05, 4.69) is 15.5 Å². The van der Waals surface area contributed by atoms with Gasteiger partial charge in [0.2, 0.25) is 0 Å². The van der Waals surface area contributed by atoms with Crippen LogP contribution in [0.25, 0.3) is 0 Å². The first-order valence-electron chi connectivity index (χ1n) is 5.41. The summed E-state index contributed by atoms with van der Waals surface area (Å²) in [5, 5.41) is 4.61. The molecular formula is C13H12ClN3O. The first kappa shape index (κ1) is 12.4. The first-order chi connectivity index (χ1) is 8.66. The molecule has 2 rings (SSSR count). The van der Waals surface area contributed by atoms with Gasteiger partial charge in [0.05, 0.1) is 11.4 Å². The summed E-state index contributed by atoms with van der Waals surface area (Å²) in [6.45, 7) is 1.81. The van der Waals surface area contributed by atoms with Crippen molar-refractivity contribution in [2.24, 2.45) is 5.10 Å². The van der Waals surface area contributed by atoms with Gasteiger partial charge in [-0.2, -0.15) is 5.10 Å². The number of hydrazone groups is 1. The van der Waals surface area contributed by atoms with Gasteiger partial charge in [0, 0.05) is 16.8 Å². The van der Waals surface area contributed by atoms with Crippen LogP contribution < -0.4 is 5.43 Å². The highest BCUT2D eigenvalue weighted by atomic mass is 35.5. The van der Waals surface area contributed by atoms with Crippen molar-refractivity contribution in [2.75, 3.05) is 0 Å². The van der Waals surface area contributed by atoms with Crippen molar-refractivity contribution in [1.82, 2.24) is 10.4 Å². The highest BCUT2D eigenvalue weighted by Crippen LogP contribution is 2.09. The molecule has 1 amide bonds. The second-order valence-electron chi connectivity index (χ2n) is 3.73. The molecule has 1 aromatic carbocycles. The van der Waals surface area contributed by atoms with Crippen LogP contribution in [0.15, 0.2) is 47.7 Å². The van der Waals surface area contributed by atoms with E-state index in [9.17, 15) is 4.79 Å². The van der Waals surface area contributed by atoms with E-state index in [1.807, 2.05) is 19.1 Å². The Bertz CT molecular complexity index is 558. The zero-order chi connectivity index (χ0) is 13.0. The molecule has 0 spiro atoms. The van der Waals surface area contributed by atoms with Crippen LogP contribution in [0.2, 0.25) is 5.02 Å². The predicted octanol–water partition coefficient (Wildman–Crippen LogP) is 2.82. The lowest BCUT2D eigenvalue weighted by Crippen LogP contribution is -2.19. The number of amides is 1. The average Bonchev–Trinajstić information content (AvgIpc) is 2.90. The number of hydrogen-bond donors (Lipinski definition) is 2. The van der Waals surface area contributed by atoms with Crippen LogP contribution in [0.3, 0.4) is 0 Å². The van der Waals surface area contributed by atoms with Crippen molar-refractivity contribution in [1.29, 1.82) is 0 Å². The molecule has 0 atom stereocenters. The van der Waals surface area contributed by atoms with Gasteiger partial charge in [-0.1, -0.05) is 11.6 Å². The van der Waals surface area contributed by atoms with Gasteiger partial charge in [-0.15, -0.1) is 0 Å². The molecule has 1 aromatic heterocycles. The van der Waals surface area contributed by atoms with Gasteiger partial charge < -0.3 is 4.98 Å². The average molecular weight is 262 g/mol. The summed E-state index contributed by atoms with van der Waals surface area (Å²) in [7, 11) is 0. The van der Waals surface area contributed by atoms with Crippen LogP contribution >= 0.6 is 11.6 Å². The normalized spacial score (nSPS) is 11.3. The number of nitrogens with zero attached hydrogens (tertiary/aromatic N) is 1. The number of benzene rings is 1. The van der Waals surface area contributed by atoms with E-state index in [-0.39, 0.29) is 5.91 Å². The Hall–Kier alpha value is -2.07. The maximum absolute atomic E-state index is 11.8. The molecule has 18 heavy (non-hydrogen) atoms. The van der Waals surface area contributed by atoms with Gasteiger partial charge in [0.25, 0.3) is 5.91 Å². The number of nitrogens with one attached hydrogen (secondary N) is 2. The third-order valence-corrected chi connectivity index (χ3v) is 2.67. The van der Waals surface area contributed by atoms with Crippen LogP contribution in [-0.4, -0.2) is 16.6 Å². The van der Waals surface area contributed by atoms with E-state index < -0.39 is 0 Å². The molecule has 0 saturated carbocycles. The van der Waals surface area contributed by atoms with Gasteiger partial charge in [0.1, 0.15) is 0 Å². The number of aromatic amines is 1. The van der Waals surface area contributed by atoms with Gasteiger partial charge in [0.15, 0.2) is 0 Å². The topological polar surface area (TPSA) is 57.2 Å². The van der Waals surface area contributed by atoms with Crippen molar-refractivity contribution >= 4 is 23.2 Å². The Labute approximate surface area is 110 Å². The van der Waals surface area contributed by atoms with Crippen molar-refractivity contribution in [3.63, 3.8) is 0 Å². The van der Waals surface area contributed by atoms with Crippen molar-refractivity contribution in [3.05, 3.63) is 58.9 Å². The molecule has 2 N–H and O–H groups in total. The van der Waals surface area contributed by atoms with Gasteiger partial charge in [-0.3, -0.25) is 4.79 Å². The molecule has 0 unspecified atom stereocenters. The van der Waals surface area contributed by atoms with E-state index in [1.165, 1.54) is 0 Å². The number of H-pyrrole nitrogens is 1. The molecular weight excluding hydrogens is 250 g/mol. The van der Waals surface area contributed by atoms with Gasteiger partial charge in [-0.05, 0) is 43.3 Å². The van der Waals surface area contributed by atoms with E-state index in [4.69, 9.17) is 11.6 Å². The fraction of sp³-hybridized carbons (Fsp3) is 0.0769. The monoisotopic (exact) mass is 261 g/mol. The highest BCUT2D eigenvalue weighted by Gasteiger charge is 2.04. The summed E-state index contributed by atoms with van der Waals surface area (Å²) in [6, 6.07) is 10.4. The van der Waals surface area contributed by atoms with Crippen LogP contribution in [0.4, 0.5) is 0 Å². The maximum atomic E-state index is 11.8. The maximum Gasteiger partial charge on any atom is 0.271 e. The Morgan fingerprint density at radius 3 is 2.61 bits per heavy atom. The van der Waals surface area contributed by atoms with Crippen molar-refractivity contribution in [3.8, 4) is 0 Å². The Kier molecular flexibility index (Phi) is 3.79. The molecule has 0 aliphatic heterocycles. The first-order valence-corrected chi connectivity index (χ1v) is 5.78. The number of carbonyl (C=O) groups is 1. The summed E-state index contributed by atoms with van der Waals surface area (Å²) >= 11 is 5.75. The molecule has 5 heteroatoms. The van der Waals surface area contributed by atoms with E-state index in [1.54, 1.807) is 30.5 Å². The molecule has 92 valence electrons. The largest absolute Gasteiger partial charge is 0.360 e. The number of aromatic nitrogens is 1. The van der Waals surface area contributed by atoms with Crippen LogP contribution in [0.5, 0.6) is 0 Å². The summed E-state index contributed by atoms with van der Waals surface area (Å²) in [4.78, 5) is 14.8. The minimum Gasteiger partial charge on any atom is -0.360 e. The second kappa shape index (κ2) is 5.51. The van der Waals surface area contributed by atoms with Gasteiger partial charge in [-0.25, -0.2) is 5.43 Å². The van der Waals surface area contributed by atoms with E-state index in [0.717, 1.165) is 5.69 Å². The fourth-order valence-corrected chi connectivity index (χ4v) is 1.54. The fourth-order valence-electron chi connectivity index (χ4n) is 1.42. The van der Waals surface area contributed by atoms with Crippen molar-refractivity contribution in [2.45, 2.75) is 6.92 Å². The minimum absolute atomic E-state index is 0.266. The van der Waals surface area contributed by atoms with Crippen LogP contribution in [-0.2, 0) is 0 Å². The smallest absolute Gasteiger partial charge is 0.271 e. The number of hydrogen-bond acceptors (Lipinski definition) is 2. The second-order valence-corrected chi connectivity index (χ2v) is 4.17. The summed E-state index contributed by atoms with van der Waals surface area (Å²) < 4.78 is 0. The molecule has 2 aromatic rings. The Morgan fingerprint density at radius 2 is 2.00 bits per heavy atom. The number of rotatable bonds is 3. The lowest BCUT2D eigenvalue weighted by atomic mass is 10.2. The Morgan fingerprint density at radius 1 is 1.28 bits per heavy atom. The molecule has 0 aliphatic carbocycles. The molecule has 0 saturated heterocycles. The zero-order valence-corrected chi connectivity index (χ0v) is 10.5. The Balaban J connectivity index is 2.04. The lowest BCUT2D eigenvalue weighted by Gasteiger charge is -2.01. The molecule has 0 radical (unpaired) electrons. The number of halogens is 1. The summed E-state index contributed by atoms with van der Waals surface area (Å²) in [5.74, 6) is -0.266. The predicted molar refractivity (Wildman–Crippen MR) is 71.9 cm³/mol. The molecule has 4 nitrogen and oxygen atoms in total. The third-order valence-electron chi connectivity index (χ3n) is 2.42. The summed E-state index contributed by atoms with van der Waals surface area (Å²) in [6.07, 6.45) is 1.80. The minimum atomic E-state index is -0.266. The molecule has 0 bridgehead atoms. The van der Waals surface area contributed by atoms with E-state index in [0.29, 0.717) is 16.3 Å². The highest BCUT2D eigenvalue weighted by molar-refractivity contribution is 6.30. The molecule has 1 heterocycles.